The fraction of sp³-hybridized carbons (Fsp3) is 0.250. The Morgan fingerprint density at radius 3 is 2.65 bits per heavy atom. The summed E-state index contributed by atoms with van der Waals surface area (Å²) in [4.78, 5) is 3.83. The molecule has 0 unspecified atom stereocenters. The molecule has 7 nitrogen and oxygen atoms in total. The molecule has 0 N–H and O–H groups in total. The number of sulfonamides is 1. The van der Waals surface area contributed by atoms with Gasteiger partial charge in [0.25, 0.3) is 0 Å². The minimum absolute atomic E-state index is 0.0582. The van der Waals surface area contributed by atoms with Gasteiger partial charge in [0.2, 0.25) is 10.0 Å². The number of nitrogens with zero attached hydrogens (tertiary/aromatic N) is 5. The van der Waals surface area contributed by atoms with Crippen LogP contribution in [-0.4, -0.2) is 34.5 Å². The van der Waals surface area contributed by atoms with Crippen LogP contribution >= 0.6 is 0 Å². The van der Waals surface area contributed by atoms with Crippen molar-refractivity contribution >= 4 is 10.0 Å². The van der Waals surface area contributed by atoms with Gasteiger partial charge >= 0.3 is 0 Å². The van der Waals surface area contributed by atoms with Gasteiger partial charge in [-0.25, -0.2) is 13.4 Å². The lowest BCUT2D eigenvalue weighted by Gasteiger charge is -2.15. The molecule has 8 heteroatoms. The maximum atomic E-state index is 12.3. The zero-order valence-electron chi connectivity index (χ0n) is 11.1. The van der Waals surface area contributed by atoms with Crippen LogP contribution in [-0.2, 0) is 23.6 Å². The molecule has 104 valence electrons. The standard InChI is InChI=1S/C12H13N5O2S/c1-16-8-10(6-15-16)9-17(2)20(18,19)12-4-3-11(5-13)14-7-12/h3-4,6-8H,9H2,1-2H3. The summed E-state index contributed by atoms with van der Waals surface area (Å²) in [5.74, 6) is 0. The number of pyridine rings is 1. The van der Waals surface area contributed by atoms with Gasteiger partial charge in [-0.3, -0.25) is 4.68 Å². The highest BCUT2D eigenvalue weighted by atomic mass is 32.2. The van der Waals surface area contributed by atoms with Crippen LogP contribution in [0.1, 0.15) is 11.3 Å². The van der Waals surface area contributed by atoms with Crippen LogP contribution in [0.2, 0.25) is 0 Å². The van der Waals surface area contributed by atoms with Gasteiger partial charge in [0, 0.05) is 38.6 Å². The smallest absolute Gasteiger partial charge is 0.244 e. The predicted octanol–water partition coefficient (Wildman–Crippen LogP) is 0.507. The van der Waals surface area contributed by atoms with Crippen LogP contribution in [0, 0.1) is 11.3 Å². The summed E-state index contributed by atoms with van der Waals surface area (Å²) in [6.45, 7) is 0.218. The van der Waals surface area contributed by atoms with E-state index in [1.807, 2.05) is 6.07 Å². The van der Waals surface area contributed by atoms with Crippen molar-refractivity contribution in [2.45, 2.75) is 11.4 Å². The minimum Gasteiger partial charge on any atom is -0.275 e. The molecule has 0 spiro atoms. The molecule has 0 fully saturated rings. The third kappa shape index (κ3) is 2.84. The Labute approximate surface area is 117 Å². The van der Waals surface area contributed by atoms with Gasteiger partial charge in [-0.05, 0) is 12.1 Å². The van der Waals surface area contributed by atoms with Gasteiger partial charge in [0.15, 0.2) is 0 Å². The van der Waals surface area contributed by atoms with Gasteiger partial charge in [0.05, 0.1) is 6.20 Å². The molecule has 2 aromatic rings. The summed E-state index contributed by atoms with van der Waals surface area (Å²) in [6, 6.07) is 4.60. The van der Waals surface area contributed by atoms with Crippen molar-refractivity contribution in [3.63, 3.8) is 0 Å². The molecule has 2 heterocycles. The normalized spacial score (nSPS) is 11.5. The lowest BCUT2D eigenvalue weighted by Crippen LogP contribution is -2.26. The highest BCUT2D eigenvalue weighted by Crippen LogP contribution is 2.15. The van der Waals surface area contributed by atoms with Crippen molar-refractivity contribution in [2.24, 2.45) is 7.05 Å². The first kappa shape index (κ1) is 14.2. The average molecular weight is 291 g/mol. The van der Waals surface area contributed by atoms with E-state index >= 15 is 0 Å². The molecule has 0 saturated heterocycles. The fourth-order valence-corrected chi connectivity index (χ4v) is 2.78. The Bertz CT molecular complexity index is 743. The fourth-order valence-electron chi connectivity index (χ4n) is 1.67. The van der Waals surface area contributed by atoms with Crippen LogP contribution in [0.5, 0.6) is 0 Å². The Kier molecular flexibility index (Phi) is 3.83. The molecule has 2 aromatic heterocycles. The van der Waals surface area contributed by atoms with Crippen LogP contribution in [0.4, 0.5) is 0 Å². The lowest BCUT2D eigenvalue weighted by molar-refractivity contribution is 0.466. The van der Waals surface area contributed by atoms with E-state index in [9.17, 15) is 8.42 Å². The quantitative estimate of drug-likeness (QED) is 0.818. The first-order valence-electron chi connectivity index (χ1n) is 5.73. The zero-order valence-corrected chi connectivity index (χ0v) is 11.9. The van der Waals surface area contributed by atoms with E-state index in [4.69, 9.17) is 5.26 Å². The monoisotopic (exact) mass is 291 g/mol. The molecule has 0 atom stereocenters. The molecule has 0 aliphatic heterocycles. The van der Waals surface area contributed by atoms with E-state index in [0.717, 1.165) is 5.56 Å². The Hall–Kier alpha value is -2.24. The largest absolute Gasteiger partial charge is 0.275 e. The maximum Gasteiger partial charge on any atom is 0.244 e. The summed E-state index contributed by atoms with van der Waals surface area (Å²) in [6.07, 6.45) is 4.56. The molecule has 0 aliphatic carbocycles. The van der Waals surface area contributed by atoms with E-state index in [2.05, 4.69) is 10.1 Å². The summed E-state index contributed by atoms with van der Waals surface area (Å²) in [7, 11) is -0.375. The lowest BCUT2D eigenvalue weighted by atomic mass is 10.4. The summed E-state index contributed by atoms with van der Waals surface area (Å²) in [5.41, 5.74) is 0.971. The van der Waals surface area contributed by atoms with E-state index in [0.29, 0.717) is 0 Å². The van der Waals surface area contributed by atoms with Gasteiger partial charge < -0.3 is 0 Å². The second-order valence-electron chi connectivity index (χ2n) is 4.27. The molecule has 2 rings (SSSR count). The van der Waals surface area contributed by atoms with Crippen LogP contribution in [0.15, 0.2) is 35.6 Å². The van der Waals surface area contributed by atoms with E-state index < -0.39 is 10.0 Å². The Balaban J connectivity index is 2.22. The highest BCUT2D eigenvalue weighted by Gasteiger charge is 2.21. The first-order chi connectivity index (χ1) is 9.43. The van der Waals surface area contributed by atoms with Crippen molar-refractivity contribution in [1.29, 1.82) is 5.26 Å². The summed E-state index contributed by atoms with van der Waals surface area (Å²) >= 11 is 0. The second-order valence-corrected chi connectivity index (χ2v) is 6.32. The second kappa shape index (κ2) is 5.40. The predicted molar refractivity (Wildman–Crippen MR) is 70.8 cm³/mol. The molecule has 0 aromatic carbocycles. The van der Waals surface area contributed by atoms with Gasteiger partial charge in [-0.1, -0.05) is 0 Å². The number of aryl methyl sites for hydroxylation is 1. The van der Waals surface area contributed by atoms with Crippen molar-refractivity contribution in [1.82, 2.24) is 19.1 Å². The Morgan fingerprint density at radius 1 is 1.40 bits per heavy atom. The third-order valence-electron chi connectivity index (χ3n) is 2.72. The molecule has 0 bridgehead atoms. The van der Waals surface area contributed by atoms with Crippen LogP contribution in [0.3, 0.4) is 0 Å². The van der Waals surface area contributed by atoms with Crippen LogP contribution in [0.25, 0.3) is 0 Å². The van der Waals surface area contributed by atoms with Crippen LogP contribution < -0.4 is 0 Å². The SMILES string of the molecule is CN(Cc1cnn(C)c1)S(=O)(=O)c1ccc(C#N)nc1. The zero-order chi connectivity index (χ0) is 14.8. The minimum atomic E-state index is -3.63. The van der Waals surface area contributed by atoms with E-state index in [1.54, 1.807) is 24.1 Å². The molecular weight excluding hydrogens is 278 g/mol. The van der Waals surface area contributed by atoms with Crippen molar-refractivity contribution < 1.29 is 8.42 Å². The number of aromatic nitrogens is 3. The van der Waals surface area contributed by atoms with Crippen molar-refractivity contribution in [3.8, 4) is 6.07 Å². The van der Waals surface area contributed by atoms with Gasteiger partial charge in [0.1, 0.15) is 16.7 Å². The molecule has 0 amide bonds. The molecular formula is C12H13N5O2S. The number of hydrogen-bond acceptors (Lipinski definition) is 5. The maximum absolute atomic E-state index is 12.3. The number of hydrogen-bond donors (Lipinski definition) is 0. The topological polar surface area (TPSA) is 91.9 Å². The van der Waals surface area contributed by atoms with Crippen molar-refractivity contribution in [3.05, 3.63) is 42.0 Å². The first-order valence-corrected chi connectivity index (χ1v) is 7.17. The van der Waals surface area contributed by atoms with Gasteiger partial charge in [-0.2, -0.15) is 14.7 Å². The average Bonchev–Trinajstić information content (AvgIpc) is 2.84. The highest BCUT2D eigenvalue weighted by molar-refractivity contribution is 7.89. The molecule has 0 radical (unpaired) electrons. The van der Waals surface area contributed by atoms with E-state index in [-0.39, 0.29) is 17.1 Å². The summed E-state index contributed by atoms with van der Waals surface area (Å²) < 4.78 is 27.5. The van der Waals surface area contributed by atoms with Gasteiger partial charge in [-0.15, -0.1) is 0 Å². The number of rotatable bonds is 4. The molecule has 20 heavy (non-hydrogen) atoms. The summed E-state index contributed by atoms with van der Waals surface area (Å²) in [5, 5.41) is 12.6. The van der Waals surface area contributed by atoms with Crippen molar-refractivity contribution in [2.75, 3.05) is 7.05 Å². The molecule has 0 saturated carbocycles. The molecule has 0 aliphatic rings. The Morgan fingerprint density at radius 2 is 2.15 bits per heavy atom. The van der Waals surface area contributed by atoms with E-state index in [1.165, 1.54) is 29.7 Å². The number of nitriles is 1. The third-order valence-corrected chi connectivity index (χ3v) is 4.51.